The SMILES string of the molecule is CC(C)c1cccc(C(C)C)c1-n1c(-c2cccc3c2oc2nc(C(F)(F)F)ccc23)nc2c(C(C)C)cncc21. The molecule has 4 aromatic heterocycles. The van der Waals surface area contributed by atoms with Crippen molar-refractivity contribution in [2.45, 2.75) is 65.5 Å². The first-order chi connectivity index (χ1) is 19.5. The van der Waals surface area contributed by atoms with Gasteiger partial charge in [0.1, 0.15) is 17.1 Å². The molecular weight excluding hydrogens is 525 g/mol. The highest BCUT2D eigenvalue weighted by molar-refractivity contribution is 6.08. The molecule has 0 spiro atoms. The van der Waals surface area contributed by atoms with E-state index in [0.29, 0.717) is 27.7 Å². The van der Waals surface area contributed by atoms with Crippen LogP contribution in [0.25, 0.3) is 50.2 Å². The first-order valence-corrected chi connectivity index (χ1v) is 13.9. The lowest BCUT2D eigenvalue weighted by atomic mass is 9.92. The van der Waals surface area contributed by atoms with Crippen LogP contribution in [0.4, 0.5) is 13.2 Å². The molecule has 6 rings (SSSR count). The van der Waals surface area contributed by atoms with Crippen molar-refractivity contribution in [1.29, 1.82) is 0 Å². The predicted molar refractivity (Wildman–Crippen MR) is 157 cm³/mol. The van der Waals surface area contributed by atoms with Crippen LogP contribution in [-0.4, -0.2) is 19.5 Å². The summed E-state index contributed by atoms with van der Waals surface area (Å²) in [5.74, 6) is 1.27. The van der Waals surface area contributed by atoms with Crippen molar-refractivity contribution in [2.24, 2.45) is 0 Å². The van der Waals surface area contributed by atoms with Gasteiger partial charge in [0.15, 0.2) is 0 Å². The van der Waals surface area contributed by atoms with Gasteiger partial charge in [0.05, 0.1) is 28.5 Å². The van der Waals surface area contributed by atoms with E-state index in [1.807, 2.05) is 30.6 Å². The van der Waals surface area contributed by atoms with E-state index in [2.05, 4.69) is 74.3 Å². The molecular formula is C33H31F3N4O. The summed E-state index contributed by atoms with van der Waals surface area (Å²) in [7, 11) is 0. The third-order valence-corrected chi connectivity index (χ3v) is 7.68. The van der Waals surface area contributed by atoms with E-state index < -0.39 is 11.9 Å². The van der Waals surface area contributed by atoms with Crippen LogP contribution in [0.2, 0.25) is 0 Å². The number of hydrogen-bond acceptors (Lipinski definition) is 4. The van der Waals surface area contributed by atoms with Crippen LogP contribution in [0.3, 0.4) is 0 Å². The number of hydrogen-bond donors (Lipinski definition) is 0. The Balaban J connectivity index is 1.76. The molecule has 0 saturated carbocycles. The minimum atomic E-state index is -4.57. The van der Waals surface area contributed by atoms with Crippen molar-refractivity contribution >= 4 is 33.1 Å². The Morgan fingerprint density at radius 3 is 2.02 bits per heavy atom. The molecule has 0 radical (unpaired) electrons. The van der Waals surface area contributed by atoms with E-state index in [0.717, 1.165) is 28.4 Å². The van der Waals surface area contributed by atoms with Gasteiger partial charge in [0.25, 0.3) is 0 Å². The molecule has 6 aromatic rings. The van der Waals surface area contributed by atoms with Crippen LogP contribution in [0.1, 0.15) is 81.7 Å². The maximum atomic E-state index is 13.5. The molecule has 0 N–H and O–H groups in total. The number of rotatable bonds is 5. The zero-order valence-electron chi connectivity index (χ0n) is 23.8. The van der Waals surface area contributed by atoms with Gasteiger partial charge in [-0.3, -0.25) is 9.55 Å². The minimum absolute atomic E-state index is 0.0556. The molecule has 41 heavy (non-hydrogen) atoms. The molecule has 2 aromatic carbocycles. The quantitative estimate of drug-likeness (QED) is 0.212. The maximum Gasteiger partial charge on any atom is 0.433 e. The molecule has 0 amide bonds. The van der Waals surface area contributed by atoms with Gasteiger partial charge < -0.3 is 4.42 Å². The van der Waals surface area contributed by atoms with Crippen molar-refractivity contribution in [3.63, 3.8) is 0 Å². The molecule has 0 atom stereocenters. The molecule has 0 unspecified atom stereocenters. The second kappa shape index (κ2) is 9.72. The van der Waals surface area contributed by atoms with Crippen molar-refractivity contribution in [1.82, 2.24) is 19.5 Å². The van der Waals surface area contributed by atoms with Gasteiger partial charge in [-0.25, -0.2) is 9.97 Å². The third kappa shape index (κ3) is 4.36. The molecule has 0 saturated heterocycles. The number of nitrogens with zero attached hydrogens (tertiary/aromatic N) is 4. The second-order valence-electron chi connectivity index (χ2n) is 11.4. The van der Waals surface area contributed by atoms with Gasteiger partial charge in [-0.05, 0) is 47.1 Å². The molecule has 4 heterocycles. The summed E-state index contributed by atoms with van der Waals surface area (Å²) < 4.78 is 48.7. The monoisotopic (exact) mass is 556 g/mol. The highest BCUT2D eigenvalue weighted by atomic mass is 19.4. The molecule has 0 fully saturated rings. The van der Waals surface area contributed by atoms with Crippen molar-refractivity contribution < 1.29 is 17.6 Å². The fraction of sp³-hybridized carbons (Fsp3) is 0.303. The molecule has 0 aliphatic rings. The zero-order chi connectivity index (χ0) is 29.2. The van der Waals surface area contributed by atoms with Crippen LogP contribution < -0.4 is 0 Å². The van der Waals surface area contributed by atoms with Crippen molar-refractivity contribution in [3.05, 3.63) is 83.3 Å². The summed E-state index contributed by atoms with van der Waals surface area (Å²) in [6, 6.07) is 14.4. The summed E-state index contributed by atoms with van der Waals surface area (Å²) in [6.45, 7) is 12.9. The topological polar surface area (TPSA) is 56.7 Å². The maximum absolute atomic E-state index is 13.5. The van der Waals surface area contributed by atoms with E-state index >= 15 is 0 Å². The number of fused-ring (bicyclic) bond motifs is 4. The van der Waals surface area contributed by atoms with Gasteiger partial charge in [-0.1, -0.05) is 71.9 Å². The summed E-state index contributed by atoms with van der Waals surface area (Å²) in [6.07, 6.45) is -0.872. The summed E-state index contributed by atoms with van der Waals surface area (Å²) in [4.78, 5) is 13.7. The third-order valence-electron chi connectivity index (χ3n) is 7.68. The lowest BCUT2D eigenvalue weighted by Gasteiger charge is -2.22. The smallest absolute Gasteiger partial charge is 0.433 e. The molecule has 5 nitrogen and oxygen atoms in total. The molecule has 0 aliphatic carbocycles. The number of benzene rings is 2. The molecule has 0 bridgehead atoms. The lowest BCUT2D eigenvalue weighted by Crippen LogP contribution is -2.08. The number of alkyl halides is 3. The van der Waals surface area contributed by atoms with Crippen LogP contribution in [0, 0.1) is 0 Å². The highest BCUT2D eigenvalue weighted by Gasteiger charge is 2.33. The Hall–Kier alpha value is -4.20. The normalized spacial score (nSPS) is 12.7. The van der Waals surface area contributed by atoms with Crippen LogP contribution in [0.15, 0.2) is 65.3 Å². The van der Waals surface area contributed by atoms with E-state index in [1.165, 1.54) is 17.2 Å². The van der Waals surface area contributed by atoms with Gasteiger partial charge in [0, 0.05) is 22.5 Å². The Morgan fingerprint density at radius 1 is 0.732 bits per heavy atom. The highest BCUT2D eigenvalue weighted by Crippen LogP contribution is 2.42. The predicted octanol–water partition coefficient (Wildman–Crippen LogP) is 9.77. The number of para-hydroxylation sites is 2. The van der Waals surface area contributed by atoms with Gasteiger partial charge >= 0.3 is 6.18 Å². The molecule has 8 heteroatoms. The van der Waals surface area contributed by atoms with Crippen LogP contribution in [-0.2, 0) is 6.18 Å². The second-order valence-corrected chi connectivity index (χ2v) is 11.4. The molecule has 210 valence electrons. The molecule has 0 aliphatic heterocycles. The standard InChI is InChI=1S/C33H31F3N4O/c1-17(2)20-9-7-10-21(18(3)4)29(20)40-26-16-37-15-25(19(5)6)28(26)39-31(40)24-12-8-11-22-23-13-14-27(33(34,35)36)38-32(23)41-30(22)24/h7-19H,1-6H3. The average molecular weight is 557 g/mol. The summed E-state index contributed by atoms with van der Waals surface area (Å²) >= 11 is 0. The van der Waals surface area contributed by atoms with Gasteiger partial charge in [-0.15, -0.1) is 0 Å². The minimum Gasteiger partial charge on any atom is -0.437 e. The van der Waals surface area contributed by atoms with Crippen molar-refractivity contribution in [3.8, 4) is 17.1 Å². The van der Waals surface area contributed by atoms with E-state index in [-0.39, 0.29) is 23.5 Å². The van der Waals surface area contributed by atoms with Crippen molar-refractivity contribution in [2.75, 3.05) is 0 Å². The fourth-order valence-electron chi connectivity index (χ4n) is 5.63. The largest absolute Gasteiger partial charge is 0.437 e. The van der Waals surface area contributed by atoms with Gasteiger partial charge in [0.2, 0.25) is 5.71 Å². The Bertz CT molecular complexity index is 1900. The number of furan rings is 1. The first kappa shape index (κ1) is 27.0. The Morgan fingerprint density at radius 2 is 1.39 bits per heavy atom. The zero-order valence-corrected chi connectivity index (χ0v) is 23.8. The Kier molecular flexibility index (Phi) is 6.40. The summed E-state index contributed by atoms with van der Waals surface area (Å²) in [5.41, 5.74) is 6.17. The lowest BCUT2D eigenvalue weighted by molar-refractivity contribution is -0.141. The van der Waals surface area contributed by atoms with Crippen LogP contribution in [0.5, 0.6) is 0 Å². The van der Waals surface area contributed by atoms with E-state index in [9.17, 15) is 13.2 Å². The number of pyridine rings is 2. The van der Waals surface area contributed by atoms with E-state index in [1.54, 1.807) is 0 Å². The van der Waals surface area contributed by atoms with Crippen LogP contribution >= 0.6 is 0 Å². The number of halogens is 3. The van der Waals surface area contributed by atoms with Gasteiger partial charge in [-0.2, -0.15) is 13.2 Å². The fourth-order valence-corrected chi connectivity index (χ4v) is 5.63. The number of aromatic nitrogens is 4. The number of imidazole rings is 1. The Labute approximate surface area is 236 Å². The average Bonchev–Trinajstić information content (AvgIpc) is 3.49. The van der Waals surface area contributed by atoms with E-state index in [4.69, 9.17) is 9.40 Å². The first-order valence-electron chi connectivity index (χ1n) is 13.9. The summed E-state index contributed by atoms with van der Waals surface area (Å²) in [5, 5.41) is 1.20.